The number of halogens is 1. The molecule has 3 nitrogen and oxygen atoms in total. The van der Waals surface area contributed by atoms with Crippen LogP contribution in [0.25, 0.3) is 0 Å². The molecule has 1 aromatic carbocycles. The third-order valence-electron chi connectivity index (χ3n) is 2.01. The summed E-state index contributed by atoms with van der Waals surface area (Å²) in [5.41, 5.74) is 0.469. The van der Waals surface area contributed by atoms with E-state index >= 15 is 0 Å². The molecule has 1 aliphatic rings. The second kappa shape index (κ2) is 3.73. The number of para-hydroxylation sites is 1. The first kappa shape index (κ1) is 9.71. The minimum atomic E-state index is -0.825. The van der Waals surface area contributed by atoms with E-state index in [0.717, 1.165) is 0 Å². The number of hydrogen-bond donors (Lipinski definition) is 0. The molecule has 0 N–H and O–H groups in total. The highest BCUT2D eigenvalue weighted by Crippen LogP contribution is 2.21. The van der Waals surface area contributed by atoms with Crippen molar-refractivity contribution in [1.82, 2.24) is 0 Å². The predicted octanol–water partition coefficient (Wildman–Crippen LogP) is 2.03. The van der Waals surface area contributed by atoms with Gasteiger partial charge in [-0.05, 0) is 19.1 Å². The lowest BCUT2D eigenvalue weighted by Crippen LogP contribution is -2.16. The summed E-state index contributed by atoms with van der Waals surface area (Å²) in [5, 5.41) is 0. The molecule has 0 aromatic heterocycles. The molecule has 1 atom stereocenters. The van der Waals surface area contributed by atoms with E-state index in [1.54, 1.807) is 19.1 Å². The van der Waals surface area contributed by atoms with Gasteiger partial charge in [-0.3, -0.25) is 0 Å². The molecule has 0 saturated heterocycles. The van der Waals surface area contributed by atoms with Crippen LogP contribution in [0.1, 0.15) is 6.92 Å². The van der Waals surface area contributed by atoms with E-state index in [1.807, 2.05) is 0 Å². The van der Waals surface area contributed by atoms with E-state index in [1.165, 1.54) is 18.2 Å². The molecule has 78 valence electrons. The molecule has 1 heterocycles. The van der Waals surface area contributed by atoms with Crippen molar-refractivity contribution >= 4 is 5.97 Å². The normalized spacial score (nSPS) is 19.7. The molecule has 0 amide bonds. The molecule has 0 bridgehead atoms. The molecule has 2 rings (SSSR count). The van der Waals surface area contributed by atoms with Crippen molar-refractivity contribution in [3.05, 3.63) is 41.7 Å². The van der Waals surface area contributed by atoms with Crippen molar-refractivity contribution in [2.45, 2.75) is 13.2 Å². The van der Waals surface area contributed by atoms with Gasteiger partial charge >= 0.3 is 5.97 Å². The van der Waals surface area contributed by atoms with E-state index < -0.39 is 18.1 Å². The SMILES string of the molecule is CC1=CC(Oc2ccccc2F)OC1=O. The van der Waals surface area contributed by atoms with Crippen LogP contribution in [0.15, 0.2) is 35.9 Å². The van der Waals surface area contributed by atoms with Crippen LogP contribution in [0.4, 0.5) is 4.39 Å². The van der Waals surface area contributed by atoms with Crippen LogP contribution in [-0.4, -0.2) is 12.3 Å². The number of hydrogen-bond acceptors (Lipinski definition) is 3. The average Bonchev–Trinajstić information content (AvgIpc) is 2.50. The monoisotopic (exact) mass is 208 g/mol. The first-order valence-corrected chi connectivity index (χ1v) is 4.47. The van der Waals surface area contributed by atoms with Crippen LogP contribution in [0.2, 0.25) is 0 Å². The van der Waals surface area contributed by atoms with E-state index in [4.69, 9.17) is 9.47 Å². The van der Waals surface area contributed by atoms with E-state index in [2.05, 4.69) is 0 Å². The zero-order valence-electron chi connectivity index (χ0n) is 8.07. The summed E-state index contributed by atoms with van der Waals surface area (Å²) < 4.78 is 23.1. The fraction of sp³-hybridized carbons (Fsp3) is 0.182. The van der Waals surface area contributed by atoms with Gasteiger partial charge in [-0.2, -0.15) is 0 Å². The Morgan fingerprint density at radius 3 is 2.73 bits per heavy atom. The van der Waals surface area contributed by atoms with E-state index in [0.29, 0.717) is 5.57 Å². The number of cyclic esters (lactones) is 1. The molecule has 15 heavy (non-hydrogen) atoms. The molecule has 0 radical (unpaired) electrons. The van der Waals surface area contributed by atoms with Crippen molar-refractivity contribution in [1.29, 1.82) is 0 Å². The van der Waals surface area contributed by atoms with Crippen molar-refractivity contribution < 1.29 is 18.7 Å². The van der Waals surface area contributed by atoms with E-state index in [-0.39, 0.29) is 5.75 Å². The zero-order valence-corrected chi connectivity index (χ0v) is 8.07. The smallest absolute Gasteiger partial charge is 0.336 e. The van der Waals surface area contributed by atoms with Gasteiger partial charge in [-0.25, -0.2) is 9.18 Å². The second-order valence-electron chi connectivity index (χ2n) is 3.17. The van der Waals surface area contributed by atoms with Gasteiger partial charge in [0.2, 0.25) is 0 Å². The first-order chi connectivity index (χ1) is 7.16. The topological polar surface area (TPSA) is 35.5 Å². The zero-order chi connectivity index (χ0) is 10.8. The maximum atomic E-state index is 13.2. The van der Waals surface area contributed by atoms with Gasteiger partial charge in [-0.1, -0.05) is 12.1 Å². The lowest BCUT2D eigenvalue weighted by molar-refractivity contribution is -0.148. The highest BCUT2D eigenvalue weighted by molar-refractivity contribution is 5.90. The molecule has 0 spiro atoms. The number of ether oxygens (including phenoxy) is 2. The minimum absolute atomic E-state index is 0.0706. The second-order valence-corrected chi connectivity index (χ2v) is 3.17. The van der Waals surface area contributed by atoms with Gasteiger partial charge < -0.3 is 9.47 Å². The van der Waals surface area contributed by atoms with Crippen LogP contribution in [0.3, 0.4) is 0 Å². The van der Waals surface area contributed by atoms with Gasteiger partial charge in [-0.15, -0.1) is 0 Å². The average molecular weight is 208 g/mol. The van der Waals surface area contributed by atoms with Gasteiger partial charge in [0.1, 0.15) is 0 Å². The fourth-order valence-corrected chi connectivity index (χ4v) is 1.23. The Balaban J connectivity index is 2.11. The Morgan fingerprint density at radius 2 is 2.13 bits per heavy atom. The quantitative estimate of drug-likeness (QED) is 0.697. The number of carbonyl (C=O) groups excluding carboxylic acids is 1. The van der Waals surface area contributed by atoms with Gasteiger partial charge in [0.05, 0.1) is 0 Å². The highest BCUT2D eigenvalue weighted by Gasteiger charge is 2.24. The van der Waals surface area contributed by atoms with Crippen molar-refractivity contribution in [3.63, 3.8) is 0 Å². The third-order valence-corrected chi connectivity index (χ3v) is 2.01. The van der Waals surface area contributed by atoms with Crippen molar-refractivity contribution in [3.8, 4) is 5.75 Å². The van der Waals surface area contributed by atoms with Gasteiger partial charge in [0, 0.05) is 11.6 Å². The number of esters is 1. The molecule has 0 fully saturated rings. The molecule has 1 aliphatic heterocycles. The van der Waals surface area contributed by atoms with Gasteiger partial charge in [0.25, 0.3) is 6.29 Å². The lowest BCUT2D eigenvalue weighted by Gasteiger charge is -2.11. The highest BCUT2D eigenvalue weighted by atomic mass is 19.1. The predicted molar refractivity (Wildman–Crippen MR) is 50.7 cm³/mol. The largest absolute Gasteiger partial charge is 0.448 e. The Bertz CT molecular complexity index is 426. The van der Waals surface area contributed by atoms with Crippen LogP contribution >= 0.6 is 0 Å². The molecule has 0 saturated carbocycles. The first-order valence-electron chi connectivity index (χ1n) is 4.47. The van der Waals surface area contributed by atoms with Crippen LogP contribution < -0.4 is 4.74 Å². The summed E-state index contributed by atoms with van der Waals surface area (Å²) >= 11 is 0. The summed E-state index contributed by atoms with van der Waals surface area (Å²) in [6, 6.07) is 5.96. The summed E-state index contributed by atoms with van der Waals surface area (Å²) in [6.45, 7) is 1.62. The standard InChI is InChI=1S/C11H9FO3/c1-7-6-10(15-11(7)13)14-9-5-3-2-4-8(9)12/h2-6,10H,1H3. The third kappa shape index (κ3) is 1.98. The van der Waals surface area contributed by atoms with E-state index in [9.17, 15) is 9.18 Å². The summed E-state index contributed by atoms with van der Waals surface area (Å²) in [5.74, 6) is -0.843. The minimum Gasteiger partial charge on any atom is -0.448 e. The Labute approximate surface area is 86.1 Å². The number of carbonyl (C=O) groups is 1. The van der Waals surface area contributed by atoms with Crippen LogP contribution in [0.5, 0.6) is 5.75 Å². The van der Waals surface area contributed by atoms with Crippen molar-refractivity contribution in [2.24, 2.45) is 0 Å². The molecular weight excluding hydrogens is 199 g/mol. The molecule has 1 aromatic rings. The number of benzene rings is 1. The molecule has 1 unspecified atom stereocenters. The Hall–Kier alpha value is -1.84. The lowest BCUT2D eigenvalue weighted by atomic mass is 10.3. The summed E-state index contributed by atoms with van der Waals surface area (Å²) in [7, 11) is 0. The Kier molecular flexibility index (Phi) is 2.41. The fourth-order valence-electron chi connectivity index (χ4n) is 1.23. The summed E-state index contributed by atoms with van der Waals surface area (Å²) in [6.07, 6.45) is 0.684. The molecule has 4 heteroatoms. The van der Waals surface area contributed by atoms with Crippen LogP contribution in [0, 0.1) is 5.82 Å². The Morgan fingerprint density at radius 1 is 1.40 bits per heavy atom. The van der Waals surface area contributed by atoms with Crippen LogP contribution in [-0.2, 0) is 9.53 Å². The number of rotatable bonds is 2. The van der Waals surface area contributed by atoms with Crippen molar-refractivity contribution in [2.75, 3.05) is 0 Å². The molecular formula is C11H9FO3. The maximum absolute atomic E-state index is 13.2. The summed E-state index contributed by atoms with van der Waals surface area (Å²) in [4.78, 5) is 11.0. The van der Waals surface area contributed by atoms with Gasteiger partial charge in [0.15, 0.2) is 11.6 Å². The molecule has 0 aliphatic carbocycles. The maximum Gasteiger partial charge on any atom is 0.336 e.